The van der Waals surface area contributed by atoms with Gasteiger partial charge >= 0.3 is 11.9 Å². The van der Waals surface area contributed by atoms with Crippen LogP contribution in [0.15, 0.2) is 0 Å². The van der Waals surface area contributed by atoms with Gasteiger partial charge in [0.05, 0.1) is 5.92 Å². The molecule has 14 heavy (non-hydrogen) atoms. The molecule has 0 unspecified atom stereocenters. The molecule has 5 nitrogen and oxygen atoms in total. The van der Waals surface area contributed by atoms with Crippen LogP contribution in [0.4, 0.5) is 0 Å². The molecule has 1 aliphatic heterocycles. The average Bonchev–Trinajstić information content (AvgIpc) is 2.46. The predicted octanol–water partition coefficient (Wildman–Crippen LogP) is 0.158. The van der Waals surface area contributed by atoms with Gasteiger partial charge in [-0.2, -0.15) is 0 Å². The molecule has 5 heteroatoms. The van der Waals surface area contributed by atoms with Gasteiger partial charge in [0, 0.05) is 6.04 Å². The van der Waals surface area contributed by atoms with E-state index in [1.165, 1.54) is 0 Å². The summed E-state index contributed by atoms with van der Waals surface area (Å²) < 4.78 is 0. The van der Waals surface area contributed by atoms with Crippen LogP contribution in [0.25, 0.3) is 0 Å². The zero-order chi connectivity index (χ0) is 10.9. The molecule has 0 bridgehead atoms. The van der Waals surface area contributed by atoms with Gasteiger partial charge < -0.3 is 15.5 Å². The number of hydrogen-bond donors (Lipinski definition) is 3. The van der Waals surface area contributed by atoms with Gasteiger partial charge in [-0.3, -0.25) is 9.59 Å². The molecule has 4 atom stereocenters. The van der Waals surface area contributed by atoms with E-state index in [0.717, 1.165) is 0 Å². The zero-order valence-corrected chi connectivity index (χ0v) is 8.23. The van der Waals surface area contributed by atoms with E-state index < -0.39 is 23.9 Å². The lowest BCUT2D eigenvalue weighted by Gasteiger charge is -2.19. The average molecular weight is 201 g/mol. The van der Waals surface area contributed by atoms with Crippen molar-refractivity contribution in [3.63, 3.8) is 0 Å². The fraction of sp³-hybridized carbons (Fsp3) is 0.778. The molecule has 0 amide bonds. The summed E-state index contributed by atoms with van der Waals surface area (Å²) in [6.45, 7) is 3.47. The third-order valence-corrected chi connectivity index (χ3v) is 2.84. The Morgan fingerprint density at radius 1 is 1.43 bits per heavy atom. The standard InChI is InChI=1S/C9H15NO4/c1-4-3-6(9(13)14)10-7(4)5(2)8(11)12/h4-7,10H,3H2,1-2H3,(H,11,12)(H,13,14)/t4-,5-,6-,7-/m0/s1. The Morgan fingerprint density at radius 2 is 2.00 bits per heavy atom. The highest BCUT2D eigenvalue weighted by Crippen LogP contribution is 2.25. The quantitative estimate of drug-likeness (QED) is 0.605. The second-order valence-electron chi connectivity index (χ2n) is 3.92. The lowest BCUT2D eigenvalue weighted by Crippen LogP contribution is -2.42. The van der Waals surface area contributed by atoms with Crippen LogP contribution in [0.1, 0.15) is 20.3 Å². The van der Waals surface area contributed by atoms with Crippen molar-refractivity contribution in [3.05, 3.63) is 0 Å². The Balaban J connectivity index is 2.65. The molecule has 0 aliphatic carbocycles. The predicted molar refractivity (Wildman–Crippen MR) is 48.9 cm³/mol. The molecule has 0 aromatic heterocycles. The van der Waals surface area contributed by atoms with Crippen molar-refractivity contribution in [3.8, 4) is 0 Å². The molecular formula is C9H15NO4. The van der Waals surface area contributed by atoms with E-state index in [4.69, 9.17) is 10.2 Å². The number of hydrogen-bond acceptors (Lipinski definition) is 3. The van der Waals surface area contributed by atoms with Crippen LogP contribution in [0, 0.1) is 11.8 Å². The molecule has 0 aromatic carbocycles. The first kappa shape index (κ1) is 11.0. The van der Waals surface area contributed by atoms with Crippen LogP contribution in [-0.2, 0) is 9.59 Å². The van der Waals surface area contributed by atoms with E-state index in [1.54, 1.807) is 6.92 Å². The van der Waals surface area contributed by atoms with Crippen LogP contribution >= 0.6 is 0 Å². The lowest BCUT2D eigenvalue weighted by molar-refractivity contribution is -0.143. The minimum absolute atomic E-state index is 0.0854. The summed E-state index contributed by atoms with van der Waals surface area (Å²) >= 11 is 0. The number of carboxylic acid groups (broad SMARTS) is 2. The fourth-order valence-corrected chi connectivity index (χ4v) is 1.95. The summed E-state index contributed by atoms with van der Waals surface area (Å²) in [5, 5.41) is 20.4. The molecule has 1 heterocycles. The van der Waals surface area contributed by atoms with Gasteiger partial charge in [-0.15, -0.1) is 0 Å². The van der Waals surface area contributed by atoms with Crippen molar-refractivity contribution in [2.45, 2.75) is 32.4 Å². The Hall–Kier alpha value is -1.10. The smallest absolute Gasteiger partial charge is 0.320 e. The summed E-state index contributed by atoms with van der Waals surface area (Å²) in [5.74, 6) is -2.26. The third kappa shape index (κ3) is 2.04. The maximum absolute atomic E-state index is 10.7. The first-order chi connectivity index (χ1) is 6.43. The number of carbonyl (C=O) groups is 2. The summed E-state index contributed by atoms with van der Waals surface area (Å²) in [4.78, 5) is 21.4. The third-order valence-electron chi connectivity index (χ3n) is 2.84. The van der Waals surface area contributed by atoms with Crippen molar-refractivity contribution in [2.75, 3.05) is 0 Å². The minimum Gasteiger partial charge on any atom is -0.481 e. The number of carboxylic acids is 2. The van der Waals surface area contributed by atoms with Gasteiger partial charge in [-0.25, -0.2) is 0 Å². The molecule has 0 spiro atoms. The normalized spacial score (nSPS) is 34.0. The van der Waals surface area contributed by atoms with Gasteiger partial charge in [-0.1, -0.05) is 13.8 Å². The summed E-state index contributed by atoms with van der Waals surface area (Å²) in [6.07, 6.45) is 0.498. The highest BCUT2D eigenvalue weighted by atomic mass is 16.4. The van der Waals surface area contributed by atoms with Crippen LogP contribution < -0.4 is 5.32 Å². The Kier molecular flexibility index (Phi) is 3.10. The fourth-order valence-electron chi connectivity index (χ4n) is 1.95. The van der Waals surface area contributed by atoms with Crippen molar-refractivity contribution in [1.29, 1.82) is 0 Å². The Bertz CT molecular complexity index is 253. The van der Waals surface area contributed by atoms with E-state index in [-0.39, 0.29) is 12.0 Å². The number of rotatable bonds is 3. The minimum atomic E-state index is -0.906. The van der Waals surface area contributed by atoms with Gasteiger partial charge in [0.25, 0.3) is 0 Å². The molecule has 1 saturated heterocycles. The van der Waals surface area contributed by atoms with Crippen molar-refractivity contribution >= 4 is 11.9 Å². The van der Waals surface area contributed by atoms with Gasteiger partial charge in [0.15, 0.2) is 0 Å². The maximum Gasteiger partial charge on any atom is 0.320 e. The maximum atomic E-state index is 10.7. The van der Waals surface area contributed by atoms with E-state index >= 15 is 0 Å². The van der Waals surface area contributed by atoms with E-state index in [9.17, 15) is 9.59 Å². The van der Waals surface area contributed by atoms with E-state index in [2.05, 4.69) is 5.32 Å². The molecule has 0 aromatic rings. The highest BCUT2D eigenvalue weighted by molar-refractivity contribution is 5.75. The summed E-state index contributed by atoms with van der Waals surface area (Å²) in [6, 6.07) is -0.842. The molecule has 1 fully saturated rings. The molecule has 0 radical (unpaired) electrons. The van der Waals surface area contributed by atoms with Gasteiger partial charge in [0.2, 0.25) is 0 Å². The van der Waals surface area contributed by atoms with Crippen LogP contribution in [0.3, 0.4) is 0 Å². The van der Waals surface area contributed by atoms with Gasteiger partial charge in [-0.05, 0) is 12.3 Å². The first-order valence-corrected chi connectivity index (χ1v) is 4.65. The Morgan fingerprint density at radius 3 is 2.36 bits per heavy atom. The van der Waals surface area contributed by atoms with Crippen molar-refractivity contribution in [2.24, 2.45) is 11.8 Å². The summed E-state index contributed by atoms with van der Waals surface area (Å²) in [5.41, 5.74) is 0. The molecule has 80 valence electrons. The lowest BCUT2D eigenvalue weighted by atomic mass is 9.92. The molecule has 1 rings (SSSR count). The highest BCUT2D eigenvalue weighted by Gasteiger charge is 2.39. The van der Waals surface area contributed by atoms with Crippen LogP contribution in [0.2, 0.25) is 0 Å². The largest absolute Gasteiger partial charge is 0.481 e. The molecular weight excluding hydrogens is 186 g/mol. The van der Waals surface area contributed by atoms with E-state index in [1.807, 2.05) is 6.92 Å². The zero-order valence-electron chi connectivity index (χ0n) is 8.23. The van der Waals surface area contributed by atoms with Crippen LogP contribution in [-0.4, -0.2) is 34.2 Å². The van der Waals surface area contributed by atoms with Crippen molar-refractivity contribution in [1.82, 2.24) is 5.32 Å². The van der Waals surface area contributed by atoms with Gasteiger partial charge in [0.1, 0.15) is 6.04 Å². The van der Waals surface area contributed by atoms with Crippen LogP contribution in [0.5, 0.6) is 0 Å². The first-order valence-electron chi connectivity index (χ1n) is 4.65. The molecule has 3 N–H and O–H groups in total. The second-order valence-corrected chi connectivity index (χ2v) is 3.92. The topological polar surface area (TPSA) is 86.6 Å². The number of aliphatic carboxylic acids is 2. The SMILES string of the molecule is C[C@H](C(=O)O)[C@H]1N[C@H](C(=O)O)C[C@@H]1C. The monoisotopic (exact) mass is 201 g/mol. The van der Waals surface area contributed by atoms with E-state index in [0.29, 0.717) is 6.42 Å². The van der Waals surface area contributed by atoms with Crippen molar-refractivity contribution < 1.29 is 19.8 Å². The Labute approximate surface area is 82.1 Å². The molecule has 1 aliphatic rings. The summed E-state index contributed by atoms with van der Waals surface area (Å²) in [7, 11) is 0. The number of nitrogens with one attached hydrogen (secondary N) is 1. The second kappa shape index (κ2) is 3.96. The molecule has 0 saturated carbocycles.